The highest BCUT2D eigenvalue weighted by Gasteiger charge is 2.40. The van der Waals surface area contributed by atoms with E-state index in [1.165, 1.54) is 18.9 Å². The Morgan fingerprint density at radius 3 is 2.39 bits per heavy atom. The normalized spacial score (nSPS) is 18.9. The van der Waals surface area contributed by atoms with Crippen LogP contribution in [0.25, 0.3) is 0 Å². The summed E-state index contributed by atoms with van der Waals surface area (Å²) in [4.78, 5) is 33.8. The summed E-state index contributed by atoms with van der Waals surface area (Å²) in [6.07, 6.45) is 3.01. The van der Waals surface area contributed by atoms with Crippen molar-refractivity contribution in [3.8, 4) is 11.5 Å². The van der Waals surface area contributed by atoms with Gasteiger partial charge in [0, 0.05) is 24.9 Å². The number of aryl methyl sites for hydroxylation is 2. The third kappa shape index (κ3) is 5.21. The van der Waals surface area contributed by atoms with Crippen molar-refractivity contribution in [3.63, 3.8) is 0 Å². The number of piperidine rings is 1. The largest absolute Gasteiger partial charge is 0.497 e. The molecule has 1 atom stereocenters. The number of ether oxygens (including phenoxy) is 2. The molecule has 2 aromatic carbocycles. The maximum Gasteiger partial charge on any atom is 0.258 e. The average Bonchev–Trinajstić information content (AvgIpc) is 3.22. The lowest BCUT2D eigenvalue weighted by Gasteiger charge is -2.27. The van der Waals surface area contributed by atoms with Gasteiger partial charge in [-0.05, 0) is 56.4 Å². The molecule has 2 amide bonds. The summed E-state index contributed by atoms with van der Waals surface area (Å²) in [5, 5.41) is 2.55. The Morgan fingerprint density at radius 2 is 1.75 bits per heavy atom. The molecule has 0 bridgehead atoms. The highest BCUT2D eigenvalue weighted by Crippen LogP contribution is 2.38. The van der Waals surface area contributed by atoms with Crippen LogP contribution in [-0.2, 0) is 9.59 Å². The zero-order valence-electron chi connectivity index (χ0n) is 21.1. The number of nitrogens with zero attached hydrogens (tertiary/aromatic N) is 2. The van der Waals surface area contributed by atoms with E-state index in [4.69, 9.17) is 20.2 Å². The number of carbonyl (C=O) groups is 2. The number of methoxy groups -OCH3 is 2. The van der Waals surface area contributed by atoms with Gasteiger partial charge < -0.3 is 25.4 Å². The number of nitrogens with two attached hydrogens (primary N) is 1. The smallest absolute Gasteiger partial charge is 0.258 e. The van der Waals surface area contributed by atoms with E-state index >= 15 is 0 Å². The molecule has 9 heteroatoms. The van der Waals surface area contributed by atoms with Gasteiger partial charge in [0.05, 0.1) is 31.2 Å². The average molecular weight is 509 g/mol. The highest BCUT2D eigenvalue weighted by molar-refractivity contribution is 8.16. The number of hydrogen-bond donors (Lipinski definition) is 2. The molecular weight excluding hydrogens is 476 g/mol. The third-order valence-corrected chi connectivity index (χ3v) is 7.65. The van der Waals surface area contributed by atoms with Crippen LogP contribution in [0, 0.1) is 13.8 Å². The van der Waals surface area contributed by atoms with Gasteiger partial charge in [0.15, 0.2) is 0 Å². The standard InChI is InChI=1S/C27H32N4O4S/c1-16-9-8-10-17(2)23(16)30-26-21(27(33)31-13-6-5-7-14-31)22(28)24(36-26)25(32)29-19-15-18(34-3)11-12-20(19)35-4/h8-12,15,24H,5-7,13-14,28H2,1-4H3,(H,29,32)/t24-/m1/s1. The van der Waals surface area contributed by atoms with Crippen LogP contribution in [0.2, 0.25) is 0 Å². The van der Waals surface area contributed by atoms with Crippen LogP contribution in [0.3, 0.4) is 0 Å². The molecule has 0 spiro atoms. The molecular formula is C27H32N4O4S. The number of anilines is 1. The Hall–Kier alpha value is -3.46. The monoisotopic (exact) mass is 508 g/mol. The fourth-order valence-electron chi connectivity index (χ4n) is 4.43. The number of amides is 2. The number of para-hydroxylation sites is 1. The second kappa shape index (κ2) is 11.1. The van der Waals surface area contributed by atoms with Crippen LogP contribution >= 0.6 is 11.8 Å². The van der Waals surface area contributed by atoms with Gasteiger partial charge in [-0.1, -0.05) is 30.0 Å². The first kappa shape index (κ1) is 25.6. The molecule has 0 aromatic heterocycles. The summed E-state index contributed by atoms with van der Waals surface area (Å²) in [6, 6.07) is 11.1. The SMILES string of the molecule is COc1ccc(OC)c(NC(=O)[C@@H]2SC(=Nc3c(C)cccc3C)C(C(=O)N3CCCCC3)=C2N)c1. The summed E-state index contributed by atoms with van der Waals surface area (Å²) in [5.41, 5.74) is 10.3. The molecule has 190 valence electrons. The lowest BCUT2D eigenvalue weighted by atomic mass is 10.1. The van der Waals surface area contributed by atoms with Gasteiger partial charge in [0.2, 0.25) is 5.91 Å². The molecule has 0 radical (unpaired) electrons. The zero-order valence-corrected chi connectivity index (χ0v) is 21.9. The molecule has 2 heterocycles. The van der Waals surface area contributed by atoms with Crippen LogP contribution in [0.5, 0.6) is 11.5 Å². The van der Waals surface area contributed by atoms with Crippen LogP contribution in [0.1, 0.15) is 30.4 Å². The molecule has 3 N–H and O–H groups in total. The van der Waals surface area contributed by atoms with E-state index < -0.39 is 5.25 Å². The van der Waals surface area contributed by atoms with E-state index in [-0.39, 0.29) is 17.5 Å². The molecule has 1 fully saturated rings. The minimum absolute atomic E-state index is 0.168. The van der Waals surface area contributed by atoms with E-state index in [1.54, 1.807) is 25.3 Å². The first-order valence-corrected chi connectivity index (χ1v) is 12.9. The highest BCUT2D eigenvalue weighted by atomic mass is 32.2. The number of rotatable bonds is 6. The quantitative estimate of drug-likeness (QED) is 0.602. The van der Waals surface area contributed by atoms with Crippen molar-refractivity contribution in [1.29, 1.82) is 0 Å². The van der Waals surface area contributed by atoms with E-state index in [9.17, 15) is 9.59 Å². The number of likely N-dealkylation sites (tertiary alicyclic amines) is 1. The Morgan fingerprint density at radius 1 is 1.06 bits per heavy atom. The van der Waals surface area contributed by atoms with Gasteiger partial charge in [0.1, 0.15) is 21.8 Å². The maximum atomic E-state index is 13.6. The number of benzene rings is 2. The molecule has 2 aliphatic heterocycles. The lowest BCUT2D eigenvalue weighted by Crippen LogP contribution is -2.38. The van der Waals surface area contributed by atoms with Crippen LogP contribution < -0.4 is 20.5 Å². The van der Waals surface area contributed by atoms with Crippen molar-refractivity contribution in [1.82, 2.24) is 4.90 Å². The predicted octanol–water partition coefficient (Wildman–Crippen LogP) is 4.33. The molecule has 2 aliphatic rings. The maximum absolute atomic E-state index is 13.6. The van der Waals surface area contributed by atoms with Crippen molar-refractivity contribution in [3.05, 3.63) is 58.8 Å². The molecule has 0 aliphatic carbocycles. The van der Waals surface area contributed by atoms with E-state index in [0.717, 1.165) is 36.1 Å². The molecule has 1 saturated heterocycles. The predicted molar refractivity (Wildman–Crippen MR) is 144 cm³/mol. The summed E-state index contributed by atoms with van der Waals surface area (Å²) in [5.74, 6) is 0.536. The molecule has 8 nitrogen and oxygen atoms in total. The van der Waals surface area contributed by atoms with Crippen LogP contribution in [0.15, 0.2) is 52.7 Å². The second-order valence-electron chi connectivity index (χ2n) is 8.89. The fourth-order valence-corrected chi connectivity index (χ4v) is 5.53. The van der Waals surface area contributed by atoms with Gasteiger partial charge >= 0.3 is 0 Å². The Balaban J connectivity index is 1.71. The summed E-state index contributed by atoms with van der Waals surface area (Å²) < 4.78 is 10.7. The fraction of sp³-hybridized carbons (Fsp3) is 0.370. The van der Waals surface area contributed by atoms with Crippen molar-refractivity contribution in [2.24, 2.45) is 10.7 Å². The van der Waals surface area contributed by atoms with Gasteiger partial charge in [-0.25, -0.2) is 4.99 Å². The second-order valence-corrected chi connectivity index (χ2v) is 9.99. The topological polar surface area (TPSA) is 106 Å². The van der Waals surface area contributed by atoms with Crippen LogP contribution in [-0.4, -0.2) is 54.3 Å². The Kier molecular flexibility index (Phi) is 7.88. The van der Waals surface area contributed by atoms with Gasteiger partial charge in [-0.2, -0.15) is 0 Å². The molecule has 4 rings (SSSR count). The summed E-state index contributed by atoms with van der Waals surface area (Å²) in [7, 11) is 3.08. The minimum Gasteiger partial charge on any atom is -0.497 e. The summed E-state index contributed by atoms with van der Waals surface area (Å²) >= 11 is 1.20. The molecule has 36 heavy (non-hydrogen) atoms. The number of aliphatic imine (C=N–C) groups is 1. The van der Waals surface area contributed by atoms with E-state index in [1.807, 2.05) is 36.9 Å². The van der Waals surface area contributed by atoms with Crippen LogP contribution in [0.4, 0.5) is 11.4 Å². The van der Waals surface area contributed by atoms with Crippen molar-refractivity contribution < 1.29 is 19.1 Å². The van der Waals surface area contributed by atoms with E-state index in [0.29, 0.717) is 40.9 Å². The Bertz CT molecular complexity index is 1210. The minimum atomic E-state index is -0.812. The van der Waals surface area contributed by atoms with Crippen molar-refractivity contribution >= 4 is 40.0 Å². The number of carbonyl (C=O) groups excluding carboxylic acids is 2. The van der Waals surface area contributed by atoms with Gasteiger partial charge in [0.25, 0.3) is 5.91 Å². The molecule has 0 unspecified atom stereocenters. The van der Waals surface area contributed by atoms with Gasteiger partial charge in [-0.3, -0.25) is 9.59 Å². The number of hydrogen-bond acceptors (Lipinski definition) is 7. The molecule has 2 aromatic rings. The van der Waals surface area contributed by atoms with Crippen molar-refractivity contribution in [2.75, 3.05) is 32.6 Å². The zero-order chi connectivity index (χ0) is 25.8. The molecule has 0 saturated carbocycles. The Labute approximate surface area is 215 Å². The van der Waals surface area contributed by atoms with Gasteiger partial charge in [-0.15, -0.1) is 0 Å². The third-order valence-electron chi connectivity index (χ3n) is 6.43. The lowest BCUT2D eigenvalue weighted by molar-refractivity contribution is -0.127. The summed E-state index contributed by atoms with van der Waals surface area (Å²) in [6.45, 7) is 5.30. The number of thioether (sulfide) groups is 1. The first-order chi connectivity index (χ1) is 17.3. The van der Waals surface area contributed by atoms with Crippen molar-refractivity contribution in [2.45, 2.75) is 38.4 Å². The van der Waals surface area contributed by atoms with E-state index in [2.05, 4.69) is 5.32 Å². The number of nitrogens with one attached hydrogen (secondary N) is 1. The first-order valence-electron chi connectivity index (χ1n) is 12.0.